The number of aryl methyl sites for hydroxylation is 1. The fourth-order valence-corrected chi connectivity index (χ4v) is 3.01. The quantitative estimate of drug-likeness (QED) is 0.609. The highest BCUT2D eigenvalue weighted by Gasteiger charge is 2.31. The molecule has 0 aliphatic carbocycles. The predicted octanol–water partition coefficient (Wildman–Crippen LogP) is 2.86. The first-order valence-corrected chi connectivity index (χ1v) is 8.19. The van der Waals surface area contributed by atoms with Crippen molar-refractivity contribution in [2.45, 2.75) is 43.3 Å². The molecule has 0 amide bonds. The number of benzene rings is 1. The number of rotatable bonds is 5. The molecule has 23 heavy (non-hydrogen) atoms. The molecule has 5 nitrogen and oxygen atoms in total. The van der Waals surface area contributed by atoms with Crippen LogP contribution >= 0.6 is 11.8 Å². The molecule has 2 rings (SSSR count). The lowest BCUT2D eigenvalue weighted by Crippen LogP contribution is -2.40. The highest BCUT2D eigenvalue weighted by molar-refractivity contribution is 8.00. The number of hydrogen-bond donors (Lipinski definition) is 0. The van der Waals surface area contributed by atoms with Crippen molar-refractivity contribution in [3.8, 4) is 0 Å². The zero-order chi connectivity index (χ0) is 16.8. The minimum Gasteiger partial charge on any atom is -0.463 e. The summed E-state index contributed by atoms with van der Waals surface area (Å²) in [6, 6.07) is 8.12. The molecule has 0 aromatic heterocycles. The Morgan fingerprint density at radius 1 is 1.13 bits per heavy atom. The maximum absolute atomic E-state index is 11.2. The maximum atomic E-state index is 11.2. The summed E-state index contributed by atoms with van der Waals surface area (Å²) in [5.74, 6) is -0.798. The number of hydrogen-bond acceptors (Lipinski definition) is 6. The Hall–Kier alpha value is -1.79. The van der Waals surface area contributed by atoms with Crippen molar-refractivity contribution in [3.05, 3.63) is 42.0 Å². The van der Waals surface area contributed by atoms with E-state index in [2.05, 4.69) is 0 Å². The number of ether oxygens (including phenoxy) is 3. The SMILES string of the molecule is CC(=O)OC[C@H]1O[C@H](Sc2ccc(C)cc2)C=C[C@H]1OC(C)=O. The van der Waals surface area contributed by atoms with Gasteiger partial charge in [0.2, 0.25) is 0 Å². The van der Waals surface area contributed by atoms with Crippen LogP contribution in [-0.2, 0) is 23.8 Å². The second kappa shape index (κ2) is 8.17. The van der Waals surface area contributed by atoms with Crippen LogP contribution in [0.1, 0.15) is 19.4 Å². The highest BCUT2D eigenvalue weighted by atomic mass is 32.2. The van der Waals surface area contributed by atoms with E-state index in [0.717, 1.165) is 4.90 Å². The van der Waals surface area contributed by atoms with Crippen LogP contribution in [0.5, 0.6) is 0 Å². The molecule has 1 aromatic carbocycles. The Kier molecular flexibility index (Phi) is 6.24. The van der Waals surface area contributed by atoms with Gasteiger partial charge in [-0.2, -0.15) is 0 Å². The van der Waals surface area contributed by atoms with Gasteiger partial charge in [0, 0.05) is 18.7 Å². The minimum absolute atomic E-state index is 0.0442. The highest BCUT2D eigenvalue weighted by Crippen LogP contribution is 2.30. The maximum Gasteiger partial charge on any atom is 0.303 e. The van der Waals surface area contributed by atoms with Gasteiger partial charge in [-0.05, 0) is 31.2 Å². The normalized spacial score (nSPS) is 23.3. The van der Waals surface area contributed by atoms with Crippen molar-refractivity contribution in [2.24, 2.45) is 0 Å². The molecule has 0 N–H and O–H groups in total. The third-order valence-electron chi connectivity index (χ3n) is 3.16. The molecule has 0 radical (unpaired) electrons. The van der Waals surface area contributed by atoms with E-state index in [1.807, 2.05) is 37.3 Å². The average Bonchev–Trinajstić information content (AvgIpc) is 2.49. The predicted molar refractivity (Wildman–Crippen MR) is 87.0 cm³/mol. The summed E-state index contributed by atoms with van der Waals surface area (Å²) in [6.45, 7) is 4.74. The Morgan fingerprint density at radius 2 is 1.83 bits per heavy atom. The van der Waals surface area contributed by atoms with E-state index in [1.54, 1.807) is 17.8 Å². The van der Waals surface area contributed by atoms with Gasteiger partial charge in [-0.25, -0.2) is 0 Å². The van der Waals surface area contributed by atoms with Gasteiger partial charge in [-0.1, -0.05) is 29.5 Å². The molecule has 0 fully saturated rings. The number of esters is 2. The van der Waals surface area contributed by atoms with Crippen molar-refractivity contribution in [3.63, 3.8) is 0 Å². The van der Waals surface area contributed by atoms with E-state index in [9.17, 15) is 9.59 Å². The van der Waals surface area contributed by atoms with Crippen LogP contribution in [0.3, 0.4) is 0 Å². The zero-order valence-corrected chi connectivity index (χ0v) is 14.2. The fraction of sp³-hybridized carbons (Fsp3) is 0.412. The van der Waals surface area contributed by atoms with Crippen LogP contribution in [0, 0.1) is 6.92 Å². The van der Waals surface area contributed by atoms with Crippen LogP contribution < -0.4 is 0 Å². The lowest BCUT2D eigenvalue weighted by molar-refractivity contribution is -0.160. The van der Waals surface area contributed by atoms with Gasteiger partial charge in [-0.15, -0.1) is 0 Å². The molecule has 3 atom stereocenters. The van der Waals surface area contributed by atoms with Crippen LogP contribution in [-0.4, -0.2) is 36.2 Å². The van der Waals surface area contributed by atoms with Gasteiger partial charge in [0.25, 0.3) is 0 Å². The van der Waals surface area contributed by atoms with Crippen molar-refractivity contribution < 1.29 is 23.8 Å². The van der Waals surface area contributed by atoms with E-state index in [4.69, 9.17) is 14.2 Å². The molecule has 0 spiro atoms. The van der Waals surface area contributed by atoms with Gasteiger partial charge >= 0.3 is 11.9 Å². The van der Waals surface area contributed by atoms with E-state index in [-0.39, 0.29) is 12.0 Å². The minimum atomic E-state index is -0.554. The summed E-state index contributed by atoms with van der Waals surface area (Å²) in [4.78, 5) is 23.3. The monoisotopic (exact) mass is 336 g/mol. The van der Waals surface area contributed by atoms with Gasteiger partial charge in [0.15, 0.2) is 0 Å². The van der Waals surface area contributed by atoms with Gasteiger partial charge < -0.3 is 14.2 Å². The van der Waals surface area contributed by atoms with E-state index < -0.39 is 24.1 Å². The third kappa shape index (κ3) is 5.73. The van der Waals surface area contributed by atoms with Gasteiger partial charge in [-0.3, -0.25) is 9.59 Å². The summed E-state index contributed by atoms with van der Waals surface area (Å²) >= 11 is 1.54. The average molecular weight is 336 g/mol. The summed E-state index contributed by atoms with van der Waals surface area (Å²) in [6.07, 6.45) is 2.56. The van der Waals surface area contributed by atoms with Crippen molar-refractivity contribution in [1.29, 1.82) is 0 Å². The van der Waals surface area contributed by atoms with Gasteiger partial charge in [0.05, 0.1) is 0 Å². The van der Waals surface area contributed by atoms with E-state index in [1.165, 1.54) is 19.4 Å². The first kappa shape index (κ1) is 17.6. The summed E-state index contributed by atoms with van der Waals surface area (Å²) in [7, 11) is 0. The Labute approximate surface area is 140 Å². The van der Waals surface area contributed by atoms with E-state index >= 15 is 0 Å². The smallest absolute Gasteiger partial charge is 0.303 e. The van der Waals surface area contributed by atoms with E-state index in [0.29, 0.717) is 0 Å². The Bertz CT molecular complexity index is 581. The fourth-order valence-electron chi connectivity index (χ4n) is 2.08. The van der Waals surface area contributed by atoms with Gasteiger partial charge in [0.1, 0.15) is 24.3 Å². The lowest BCUT2D eigenvalue weighted by atomic mass is 10.1. The molecular formula is C17H20O5S. The first-order valence-electron chi connectivity index (χ1n) is 7.32. The van der Waals surface area contributed by atoms with Crippen LogP contribution in [0.2, 0.25) is 0 Å². The second-order valence-corrected chi connectivity index (χ2v) is 6.41. The topological polar surface area (TPSA) is 61.8 Å². The van der Waals surface area contributed by atoms with Crippen molar-refractivity contribution in [2.75, 3.05) is 6.61 Å². The third-order valence-corrected chi connectivity index (χ3v) is 4.20. The number of carbonyl (C=O) groups is 2. The Morgan fingerprint density at radius 3 is 2.43 bits per heavy atom. The largest absolute Gasteiger partial charge is 0.463 e. The molecule has 1 heterocycles. The van der Waals surface area contributed by atoms with Crippen LogP contribution in [0.15, 0.2) is 41.3 Å². The molecule has 1 aliphatic heterocycles. The van der Waals surface area contributed by atoms with Crippen LogP contribution in [0.4, 0.5) is 0 Å². The Balaban J connectivity index is 2.03. The standard InChI is InChI=1S/C17H20O5S/c1-11-4-6-14(7-5-11)23-17-9-8-15(21-13(3)19)16(22-17)10-20-12(2)18/h4-9,15-17H,10H2,1-3H3/t15-,16-,17-/m1/s1. The lowest BCUT2D eigenvalue weighted by Gasteiger charge is -2.31. The van der Waals surface area contributed by atoms with Crippen molar-refractivity contribution >= 4 is 23.7 Å². The molecule has 124 valence electrons. The molecule has 1 aromatic rings. The molecule has 0 saturated heterocycles. The number of carbonyl (C=O) groups excluding carboxylic acids is 2. The second-order valence-electron chi connectivity index (χ2n) is 5.24. The molecule has 6 heteroatoms. The molecule has 0 bridgehead atoms. The zero-order valence-electron chi connectivity index (χ0n) is 13.4. The molecular weight excluding hydrogens is 316 g/mol. The van der Waals surface area contributed by atoms with Crippen LogP contribution in [0.25, 0.3) is 0 Å². The first-order chi connectivity index (χ1) is 10.9. The van der Waals surface area contributed by atoms with Crippen molar-refractivity contribution in [1.82, 2.24) is 0 Å². The molecule has 0 unspecified atom stereocenters. The summed E-state index contributed by atoms with van der Waals surface area (Å²) < 4.78 is 16.1. The summed E-state index contributed by atoms with van der Waals surface area (Å²) in [5.41, 5.74) is 0.960. The number of thioether (sulfide) groups is 1. The summed E-state index contributed by atoms with van der Waals surface area (Å²) in [5, 5.41) is 0. The molecule has 0 saturated carbocycles. The molecule has 1 aliphatic rings.